The summed E-state index contributed by atoms with van der Waals surface area (Å²) in [5, 5.41) is 17.5. The smallest absolute Gasteiger partial charge is 0.243 e. The van der Waals surface area contributed by atoms with E-state index in [-0.39, 0.29) is 24.5 Å². The summed E-state index contributed by atoms with van der Waals surface area (Å²) in [6.07, 6.45) is 3.43. The Morgan fingerprint density at radius 3 is 2.09 bits per heavy atom. The molecule has 0 heterocycles. The Kier molecular flexibility index (Phi) is 11.1. The molecule has 0 bridgehead atoms. The highest BCUT2D eigenvalue weighted by Crippen LogP contribution is 2.11. The fourth-order valence-corrected chi connectivity index (χ4v) is 3.86. The number of benzene rings is 2. The molecular formula is C25H31N3O5S. The number of carbonyl (C=O) groups is 4. The summed E-state index contributed by atoms with van der Waals surface area (Å²) < 4.78 is 0. The van der Waals surface area contributed by atoms with E-state index in [1.54, 1.807) is 12.1 Å². The van der Waals surface area contributed by atoms with Crippen LogP contribution in [0.3, 0.4) is 0 Å². The highest BCUT2D eigenvalue weighted by Gasteiger charge is 2.27. The van der Waals surface area contributed by atoms with Crippen LogP contribution < -0.4 is 16.0 Å². The number of thioether (sulfide) groups is 1. The van der Waals surface area contributed by atoms with Crippen molar-refractivity contribution in [3.63, 3.8) is 0 Å². The molecule has 8 nitrogen and oxygen atoms in total. The van der Waals surface area contributed by atoms with Crippen molar-refractivity contribution < 1.29 is 24.3 Å². The number of nitrogens with one attached hydrogen (secondary N) is 3. The number of rotatable bonds is 13. The van der Waals surface area contributed by atoms with E-state index in [0.29, 0.717) is 18.5 Å². The van der Waals surface area contributed by atoms with Crippen molar-refractivity contribution in [1.82, 2.24) is 16.0 Å². The maximum absolute atomic E-state index is 13.0. The molecule has 2 aromatic rings. The molecule has 9 heteroatoms. The topological polar surface area (TPSA) is 125 Å². The third-order valence-electron chi connectivity index (χ3n) is 5.10. The number of hydrogen-bond donors (Lipinski definition) is 4. The fourth-order valence-electron chi connectivity index (χ4n) is 3.38. The van der Waals surface area contributed by atoms with Gasteiger partial charge in [-0.25, -0.2) is 0 Å². The Morgan fingerprint density at radius 2 is 1.50 bits per heavy atom. The minimum absolute atomic E-state index is 0.111. The number of aldehydes is 1. The number of phenolic OH excluding ortho intramolecular Hbond substituents is 1. The van der Waals surface area contributed by atoms with Gasteiger partial charge in [0.1, 0.15) is 24.1 Å². The normalized spacial score (nSPS) is 13.2. The lowest BCUT2D eigenvalue weighted by Crippen LogP contribution is -2.55. The zero-order chi connectivity index (χ0) is 24.9. The van der Waals surface area contributed by atoms with Gasteiger partial charge in [-0.15, -0.1) is 0 Å². The predicted octanol–water partition coefficient (Wildman–Crippen LogP) is 1.60. The average Bonchev–Trinajstić information content (AvgIpc) is 2.82. The lowest BCUT2D eigenvalue weighted by Gasteiger charge is -2.24. The van der Waals surface area contributed by atoms with Gasteiger partial charge in [0, 0.05) is 13.3 Å². The number of amides is 3. The van der Waals surface area contributed by atoms with Crippen LogP contribution in [0.5, 0.6) is 5.75 Å². The third-order valence-corrected chi connectivity index (χ3v) is 5.75. The van der Waals surface area contributed by atoms with Crippen molar-refractivity contribution in [3.8, 4) is 5.75 Å². The molecule has 0 aromatic heterocycles. The van der Waals surface area contributed by atoms with Gasteiger partial charge >= 0.3 is 0 Å². The van der Waals surface area contributed by atoms with Gasteiger partial charge in [0.15, 0.2) is 0 Å². The summed E-state index contributed by atoms with van der Waals surface area (Å²) in [5.41, 5.74) is 1.64. The third kappa shape index (κ3) is 9.27. The fraction of sp³-hybridized carbons (Fsp3) is 0.360. The van der Waals surface area contributed by atoms with Crippen LogP contribution in [0.1, 0.15) is 24.5 Å². The lowest BCUT2D eigenvalue weighted by atomic mass is 10.0. The van der Waals surface area contributed by atoms with Gasteiger partial charge < -0.3 is 25.9 Å². The van der Waals surface area contributed by atoms with E-state index in [1.165, 1.54) is 30.8 Å². The molecule has 0 saturated carbocycles. The summed E-state index contributed by atoms with van der Waals surface area (Å²) in [7, 11) is 0. The predicted molar refractivity (Wildman–Crippen MR) is 132 cm³/mol. The Hall–Kier alpha value is -3.33. The van der Waals surface area contributed by atoms with Crippen LogP contribution in [0.4, 0.5) is 0 Å². The van der Waals surface area contributed by atoms with Crippen LogP contribution in [-0.4, -0.2) is 59.2 Å². The van der Waals surface area contributed by atoms with E-state index in [9.17, 15) is 24.3 Å². The minimum atomic E-state index is -0.866. The first-order valence-electron chi connectivity index (χ1n) is 11.0. The monoisotopic (exact) mass is 485 g/mol. The zero-order valence-corrected chi connectivity index (χ0v) is 20.1. The minimum Gasteiger partial charge on any atom is -0.508 e. The molecular weight excluding hydrogens is 454 g/mol. The zero-order valence-electron chi connectivity index (χ0n) is 19.3. The van der Waals surface area contributed by atoms with E-state index in [4.69, 9.17) is 0 Å². The van der Waals surface area contributed by atoms with Gasteiger partial charge in [0.05, 0.1) is 6.04 Å². The second kappa shape index (κ2) is 14.0. The molecule has 2 aromatic carbocycles. The SMILES string of the molecule is CSCC[C@H](NC(=O)[C@H](Cc1ccccc1)NC(C)=O)C(=O)N[C@H](C=O)Cc1ccc(O)cc1. The standard InChI is InChI=1S/C25H31N3O5S/c1-17(30)26-23(15-18-6-4-3-5-7-18)25(33)28-22(12-13-34-2)24(32)27-20(16-29)14-19-8-10-21(31)11-9-19/h3-11,16,20,22-23,31H,12-15H2,1-2H3,(H,26,30)(H,27,32)(H,28,33)/t20-,22-,23-/m0/s1. The first-order valence-corrected chi connectivity index (χ1v) is 12.4. The van der Waals surface area contributed by atoms with E-state index < -0.39 is 29.9 Å². The molecule has 0 unspecified atom stereocenters. The maximum atomic E-state index is 13.0. The summed E-state index contributed by atoms with van der Waals surface area (Å²) in [4.78, 5) is 49.3. The Balaban J connectivity index is 2.09. The van der Waals surface area contributed by atoms with Crippen molar-refractivity contribution in [2.24, 2.45) is 0 Å². The molecule has 4 N–H and O–H groups in total. The quantitative estimate of drug-likeness (QED) is 0.320. The number of phenols is 1. The molecule has 0 spiro atoms. The molecule has 0 aliphatic carbocycles. The van der Waals surface area contributed by atoms with Crippen molar-refractivity contribution in [3.05, 3.63) is 65.7 Å². The second-order valence-corrected chi connectivity index (χ2v) is 8.89. The van der Waals surface area contributed by atoms with Crippen LogP contribution in [0.2, 0.25) is 0 Å². The van der Waals surface area contributed by atoms with Crippen molar-refractivity contribution in [2.75, 3.05) is 12.0 Å². The van der Waals surface area contributed by atoms with E-state index in [0.717, 1.165) is 11.1 Å². The Bertz CT molecular complexity index is 953. The summed E-state index contributed by atoms with van der Waals surface area (Å²) >= 11 is 1.53. The molecule has 3 atom stereocenters. The lowest BCUT2D eigenvalue weighted by molar-refractivity contribution is -0.132. The average molecular weight is 486 g/mol. The van der Waals surface area contributed by atoms with E-state index in [2.05, 4.69) is 16.0 Å². The first kappa shape index (κ1) is 26.9. The van der Waals surface area contributed by atoms with Crippen molar-refractivity contribution in [1.29, 1.82) is 0 Å². The number of hydrogen-bond acceptors (Lipinski definition) is 6. The van der Waals surface area contributed by atoms with Crippen molar-refractivity contribution >= 4 is 35.8 Å². The molecule has 182 valence electrons. The molecule has 0 aliphatic rings. The van der Waals surface area contributed by atoms with Crippen molar-refractivity contribution in [2.45, 2.75) is 44.3 Å². The number of aromatic hydroxyl groups is 1. The largest absolute Gasteiger partial charge is 0.508 e. The van der Waals surface area contributed by atoms with E-state index >= 15 is 0 Å². The highest BCUT2D eigenvalue weighted by atomic mass is 32.2. The van der Waals surface area contributed by atoms with Gasteiger partial charge in [-0.1, -0.05) is 42.5 Å². The summed E-state index contributed by atoms with van der Waals surface area (Å²) in [5.74, 6) is -0.567. The highest BCUT2D eigenvalue weighted by molar-refractivity contribution is 7.98. The van der Waals surface area contributed by atoms with Crippen LogP contribution in [0, 0.1) is 0 Å². The molecule has 2 rings (SSSR count). The van der Waals surface area contributed by atoms with Crippen LogP contribution in [0.25, 0.3) is 0 Å². The second-order valence-electron chi connectivity index (χ2n) is 7.91. The van der Waals surface area contributed by atoms with Crippen LogP contribution in [0.15, 0.2) is 54.6 Å². The molecule has 0 radical (unpaired) electrons. The summed E-state index contributed by atoms with van der Waals surface area (Å²) in [6, 6.07) is 13.1. The van der Waals surface area contributed by atoms with Gasteiger partial charge in [0.25, 0.3) is 0 Å². The van der Waals surface area contributed by atoms with Gasteiger partial charge in [-0.05, 0) is 48.1 Å². The molecule has 0 fully saturated rings. The molecule has 0 saturated heterocycles. The number of carbonyl (C=O) groups excluding carboxylic acids is 4. The molecule has 34 heavy (non-hydrogen) atoms. The van der Waals surface area contributed by atoms with Gasteiger partial charge in [-0.2, -0.15) is 11.8 Å². The Labute approximate surface area is 203 Å². The first-order chi connectivity index (χ1) is 16.3. The maximum Gasteiger partial charge on any atom is 0.243 e. The van der Waals surface area contributed by atoms with Crippen LogP contribution in [-0.2, 0) is 32.0 Å². The van der Waals surface area contributed by atoms with E-state index in [1.807, 2.05) is 36.6 Å². The molecule has 3 amide bonds. The van der Waals surface area contributed by atoms with Gasteiger partial charge in [-0.3, -0.25) is 14.4 Å². The molecule has 0 aliphatic heterocycles. The Morgan fingerprint density at radius 1 is 0.882 bits per heavy atom. The summed E-state index contributed by atoms with van der Waals surface area (Å²) in [6.45, 7) is 1.33. The van der Waals surface area contributed by atoms with Gasteiger partial charge in [0.2, 0.25) is 17.7 Å². The van der Waals surface area contributed by atoms with Crippen LogP contribution >= 0.6 is 11.8 Å².